The topological polar surface area (TPSA) is 34.1 Å². The predicted molar refractivity (Wildman–Crippen MR) is 37.0 cm³/mol. The maximum Gasteiger partial charge on any atom is 0.153 e. The predicted octanol–water partition coefficient (Wildman–Crippen LogP) is 0.830. The molecule has 0 aromatic carbocycles. The minimum atomic E-state index is -2.67. The molecule has 0 saturated carbocycles. The van der Waals surface area contributed by atoms with Crippen LogP contribution in [0.5, 0.6) is 0 Å². The van der Waals surface area contributed by atoms with Crippen molar-refractivity contribution in [3.8, 4) is 0 Å². The van der Waals surface area contributed by atoms with E-state index < -0.39 is 9.84 Å². The molecule has 2 nitrogen and oxygen atoms in total. The zero-order valence-corrected chi connectivity index (χ0v) is 6.61. The average molecular weight is 148 g/mol. The van der Waals surface area contributed by atoms with Crippen LogP contribution in [0.1, 0.15) is 20.3 Å². The summed E-state index contributed by atoms with van der Waals surface area (Å²) in [5.74, 6) is 0.769. The number of sulfone groups is 1. The highest BCUT2D eigenvalue weighted by molar-refractivity contribution is 7.92. The molecular weight excluding hydrogens is 136 g/mol. The van der Waals surface area contributed by atoms with Gasteiger partial charge in [-0.3, -0.25) is 0 Å². The molecule has 1 fully saturated rings. The molecule has 3 heteroatoms. The Hall–Kier alpha value is -0.0500. The summed E-state index contributed by atoms with van der Waals surface area (Å²) in [4.78, 5) is 0. The lowest BCUT2D eigenvalue weighted by molar-refractivity contribution is 0.560. The van der Waals surface area contributed by atoms with Gasteiger partial charge >= 0.3 is 0 Å². The first-order chi connectivity index (χ1) is 4.04. The first-order valence-electron chi connectivity index (χ1n) is 3.25. The third-order valence-electron chi connectivity index (χ3n) is 2.23. The Labute approximate surface area is 56.2 Å². The summed E-state index contributed by atoms with van der Waals surface area (Å²) in [7, 11) is -2.67. The third kappa shape index (κ3) is 1.11. The van der Waals surface area contributed by atoms with E-state index in [2.05, 4.69) is 0 Å². The van der Waals surface area contributed by atoms with Crippen molar-refractivity contribution >= 4 is 9.84 Å². The fourth-order valence-electron chi connectivity index (χ4n) is 1.12. The van der Waals surface area contributed by atoms with Crippen molar-refractivity contribution in [2.45, 2.75) is 25.5 Å². The molecule has 0 bridgehead atoms. The fourth-order valence-corrected chi connectivity index (χ4v) is 3.04. The van der Waals surface area contributed by atoms with E-state index in [-0.39, 0.29) is 5.25 Å². The van der Waals surface area contributed by atoms with E-state index in [0.717, 1.165) is 6.42 Å². The van der Waals surface area contributed by atoms with Gasteiger partial charge in [0, 0.05) is 0 Å². The van der Waals surface area contributed by atoms with Gasteiger partial charge in [-0.1, -0.05) is 6.92 Å². The van der Waals surface area contributed by atoms with Gasteiger partial charge in [0.2, 0.25) is 0 Å². The lowest BCUT2D eigenvalue weighted by Crippen LogP contribution is -2.15. The Morgan fingerprint density at radius 3 is 2.00 bits per heavy atom. The van der Waals surface area contributed by atoms with Crippen molar-refractivity contribution in [1.82, 2.24) is 0 Å². The molecule has 0 N–H and O–H groups in total. The Morgan fingerprint density at radius 2 is 1.89 bits per heavy atom. The molecule has 0 aromatic rings. The Bertz CT molecular complexity index is 193. The summed E-state index contributed by atoms with van der Waals surface area (Å²) in [5.41, 5.74) is 0. The first kappa shape index (κ1) is 7.06. The number of rotatable bonds is 0. The zero-order chi connectivity index (χ0) is 7.07. The zero-order valence-electron chi connectivity index (χ0n) is 5.79. The minimum Gasteiger partial charge on any atom is -0.229 e. The Morgan fingerprint density at radius 1 is 1.33 bits per heavy atom. The van der Waals surface area contributed by atoms with Gasteiger partial charge in [0.05, 0.1) is 11.0 Å². The number of hydrogen-bond acceptors (Lipinski definition) is 2. The van der Waals surface area contributed by atoms with Crippen LogP contribution in [-0.2, 0) is 9.84 Å². The van der Waals surface area contributed by atoms with E-state index in [4.69, 9.17) is 0 Å². The lowest BCUT2D eigenvalue weighted by atomic mass is 10.1. The second-order valence-corrected chi connectivity index (χ2v) is 5.32. The summed E-state index contributed by atoms with van der Waals surface area (Å²) in [5, 5.41) is -0.0995. The Balaban J connectivity index is 2.87. The fraction of sp³-hybridized carbons (Fsp3) is 1.00. The molecule has 0 aliphatic carbocycles. The van der Waals surface area contributed by atoms with Gasteiger partial charge in [0.1, 0.15) is 0 Å². The third-order valence-corrected chi connectivity index (χ3v) is 4.63. The van der Waals surface area contributed by atoms with Crippen LogP contribution in [0.4, 0.5) is 0 Å². The van der Waals surface area contributed by atoms with Gasteiger partial charge in [-0.05, 0) is 19.3 Å². The van der Waals surface area contributed by atoms with Gasteiger partial charge in [0.25, 0.3) is 0 Å². The monoisotopic (exact) mass is 148 g/mol. The van der Waals surface area contributed by atoms with Crippen LogP contribution < -0.4 is 0 Å². The van der Waals surface area contributed by atoms with Crippen molar-refractivity contribution < 1.29 is 8.42 Å². The largest absolute Gasteiger partial charge is 0.229 e. The summed E-state index contributed by atoms with van der Waals surface area (Å²) in [6, 6.07) is 0. The smallest absolute Gasteiger partial charge is 0.153 e. The van der Waals surface area contributed by atoms with E-state index in [1.54, 1.807) is 6.92 Å². The van der Waals surface area contributed by atoms with Gasteiger partial charge < -0.3 is 0 Å². The summed E-state index contributed by atoms with van der Waals surface area (Å²) >= 11 is 0. The van der Waals surface area contributed by atoms with E-state index in [1.165, 1.54) is 0 Å². The molecule has 1 heterocycles. The molecule has 1 aliphatic rings. The maximum absolute atomic E-state index is 11.0. The SMILES string of the molecule is C[C@H]1CCS(=O)(=O)[C@H]1C. The van der Waals surface area contributed by atoms with Crippen LogP contribution in [0.3, 0.4) is 0 Å². The van der Waals surface area contributed by atoms with Crippen molar-refractivity contribution in [3.63, 3.8) is 0 Å². The maximum atomic E-state index is 11.0. The quantitative estimate of drug-likeness (QED) is 0.510. The molecule has 0 aromatic heterocycles. The van der Waals surface area contributed by atoms with Gasteiger partial charge in [0.15, 0.2) is 9.84 Å². The second kappa shape index (κ2) is 1.97. The molecule has 1 rings (SSSR count). The lowest BCUT2D eigenvalue weighted by Gasteiger charge is -2.05. The molecule has 1 aliphatic heterocycles. The summed E-state index contributed by atoms with van der Waals surface area (Å²) < 4.78 is 21.9. The van der Waals surface area contributed by atoms with Crippen molar-refractivity contribution in [3.05, 3.63) is 0 Å². The highest BCUT2D eigenvalue weighted by Crippen LogP contribution is 2.25. The van der Waals surface area contributed by atoms with Gasteiger partial charge in [-0.25, -0.2) is 8.42 Å². The standard InChI is InChI=1S/C6H12O2S/c1-5-3-4-9(7,8)6(5)2/h5-6H,3-4H2,1-2H3/t5-,6-/m0/s1. The van der Waals surface area contributed by atoms with E-state index in [1.807, 2.05) is 6.92 Å². The molecule has 0 amide bonds. The molecule has 54 valence electrons. The minimum absolute atomic E-state index is 0.0995. The normalized spacial score (nSPS) is 41.1. The molecular formula is C6H12O2S. The second-order valence-electron chi connectivity index (χ2n) is 2.84. The van der Waals surface area contributed by atoms with Crippen molar-refractivity contribution in [2.75, 3.05) is 5.75 Å². The van der Waals surface area contributed by atoms with Gasteiger partial charge in [-0.15, -0.1) is 0 Å². The van der Waals surface area contributed by atoms with Crippen molar-refractivity contribution in [2.24, 2.45) is 5.92 Å². The molecule has 0 spiro atoms. The molecule has 2 atom stereocenters. The first-order valence-corrected chi connectivity index (χ1v) is 4.97. The highest BCUT2D eigenvalue weighted by Gasteiger charge is 2.33. The molecule has 0 radical (unpaired) electrons. The summed E-state index contributed by atoms with van der Waals surface area (Å²) in [6.45, 7) is 3.79. The molecule has 1 saturated heterocycles. The van der Waals surface area contributed by atoms with Crippen LogP contribution in [0, 0.1) is 5.92 Å². The van der Waals surface area contributed by atoms with Crippen molar-refractivity contribution in [1.29, 1.82) is 0 Å². The van der Waals surface area contributed by atoms with Gasteiger partial charge in [-0.2, -0.15) is 0 Å². The van der Waals surface area contributed by atoms with Crippen LogP contribution in [0.25, 0.3) is 0 Å². The molecule has 0 unspecified atom stereocenters. The average Bonchev–Trinajstić information content (AvgIpc) is 1.97. The Kier molecular flexibility index (Phi) is 1.55. The number of hydrogen-bond donors (Lipinski definition) is 0. The van der Waals surface area contributed by atoms with Crippen LogP contribution in [0.2, 0.25) is 0 Å². The van der Waals surface area contributed by atoms with E-state index >= 15 is 0 Å². The van der Waals surface area contributed by atoms with Crippen LogP contribution in [0.15, 0.2) is 0 Å². The summed E-state index contributed by atoms with van der Waals surface area (Å²) in [6.07, 6.45) is 0.851. The molecule has 9 heavy (non-hydrogen) atoms. The highest BCUT2D eigenvalue weighted by atomic mass is 32.2. The van der Waals surface area contributed by atoms with E-state index in [0.29, 0.717) is 11.7 Å². The van der Waals surface area contributed by atoms with E-state index in [9.17, 15) is 8.42 Å². The van der Waals surface area contributed by atoms with Crippen LogP contribution in [-0.4, -0.2) is 19.4 Å². The van der Waals surface area contributed by atoms with Crippen LogP contribution >= 0.6 is 0 Å².